The molecule has 198 valence electrons. The van der Waals surface area contributed by atoms with Gasteiger partial charge in [-0.1, -0.05) is 32.0 Å². The normalized spacial score (nSPS) is 16.5. The molecule has 0 radical (unpaired) electrons. The van der Waals surface area contributed by atoms with Crippen LogP contribution in [-0.2, 0) is 9.59 Å². The van der Waals surface area contributed by atoms with Crippen molar-refractivity contribution in [2.75, 3.05) is 25.2 Å². The van der Waals surface area contributed by atoms with Gasteiger partial charge in [0.2, 0.25) is 0 Å². The molecule has 38 heavy (non-hydrogen) atoms. The lowest BCUT2D eigenvalue weighted by molar-refractivity contribution is -0.132. The van der Waals surface area contributed by atoms with Gasteiger partial charge in [-0.05, 0) is 73.4 Å². The molecule has 0 spiro atoms. The molecule has 1 atom stereocenters. The monoisotopic (exact) mass is 515 g/mol. The van der Waals surface area contributed by atoms with Gasteiger partial charge < -0.3 is 19.3 Å². The van der Waals surface area contributed by atoms with Gasteiger partial charge in [0, 0.05) is 17.3 Å². The van der Waals surface area contributed by atoms with Crippen molar-refractivity contribution in [2.45, 2.75) is 39.7 Å². The lowest BCUT2D eigenvalue weighted by atomic mass is 9.94. The third kappa shape index (κ3) is 5.37. The summed E-state index contributed by atoms with van der Waals surface area (Å²) in [7, 11) is 1.54. The third-order valence-electron chi connectivity index (χ3n) is 6.35. The fourth-order valence-electron chi connectivity index (χ4n) is 4.47. The second-order valence-corrected chi connectivity index (χ2v) is 9.12. The first-order chi connectivity index (χ1) is 18.4. The lowest BCUT2D eigenvalue weighted by Gasteiger charge is -2.26. The molecule has 0 aromatic heterocycles. The van der Waals surface area contributed by atoms with E-state index in [1.54, 1.807) is 54.6 Å². The van der Waals surface area contributed by atoms with Crippen LogP contribution in [-0.4, -0.2) is 37.1 Å². The number of ketones is 1. The number of methoxy groups -OCH3 is 1. The van der Waals surface area contributed by atoms with E-state index < -0.39 is 17.7 Å². The second-order valence-electron chi connectivity index (χ2n) is 9.12. The van der Waals surface area contributed by atoms with Crippen molar-refractivity contribution in [1.82, 2.24) is 0 Å². The zero-order valence-corrected chi connectivity index (χ0v) is 22.2. The molecule has 3 aromatic carbocycles. The standard InChI is InChI=1S/C31H33NO6/c1-5-16-37-24-13-10-21(11-14-24)28-27(29(33)22-12-15-26(20(3)18-22)38-17-6-2)30(34)31(35)32(28)23-8-7-9-25(19-23)36-4/h7-15,18-19,28,33H,5-6,16-17H2,1-4H3/b29-27+. The maximum absolute atomic E-state index is 13.5. The average Bonchev–Trinajstić information content (AvgIpc) is 3.21. The summed E-state index contributed by atoms with van der Waals surface area (Å²) in [5, 5.41) is 11.5. The van der Waals surface area contributed by atoms with Gasteiger partial charge in [0.1, 0.15) is 23.0 Å². The molecule has 1 aliphatic heterocycles. The molecule has 0 aliphatic carbocycles. The Hall–Kier alpha value is -4.26. The molecular weight excluding hydrogens is 482 g/mol. The van der Waals surface area contributed by atoms with Crippen molar-refractivity contribution in [3.63, 3.8) is 0 Å². The Balaban J connectivity index is 1.84. The van der Waals surface area contributed by atoms with Gasteiger partial charge in [-0.25, -0.2) is 0 Å². The van der Waals surface area contributed by atoms with Crippen molar-refractivity contribution >= 4 is 23.1 Å². The molecule has 7 heteroatoms. The fourth-order valence-corrected chi connectivity index (χ4v) is 4.47. The topological polar surface area (TPSA) is 85.3 Å². The SMILES string of the molecule is CCCOc1ccc(C2/C(=C(\O)c3ccc(OCCC)c(C)c3)C(=O)C(=O)N2c2cccc(OC)c2)cc1. The summed E-state index contributed by atoms with van der Waals surface area (Å²) in [4.78, 5) is 28.3. The minimum absolute atomic E-state index is 0.0154. The van der Waals surface area contributed by atoms with Gasteiger partial charge in [-0.15, -0.1) is 0 Å². The minimum atomic E-state index is -0.848. The van der Waals surface area contributed by atoms with Gasteiger partial charge in [-0.2, -0.15) is 0 Å². The van der Waals surface area contributed by atoms with Crippen LogP contribution in [0.15, 0.2) is 72.3 Å². The van der Waals surface area contributed by atoms with Gasteiger partial charge in [-0.3, -0.25) is 14.5 Å². The molecule has 1 amide bonds. The zero-order valence-electron chi connectivity index (χ0n) is 22.2. The van der Waals surface area contributed by atoms with Crippen LogP contribution in [0, 0.1) is 6.92 Å². The number of carbonyl (C=O) groups is 2. The highest BCUT2D eigenvalue weighted by Gasteiger charge is 2.47. The molecule has 1 saturated heterocycles. The van der Waals surface area contributed by atoms with Gasteiger partial charge >= 0.3 is 0 Å². The van der Waals surface area contributed by atoms with Crippen molar-refractivity contribution in [2.24, 2.45) is 0 Å². The first-order valence-corrected chi connectivity index (χ1v) is 12.8. The lowest BCUT2D eigenvalue weighted by Crippen LogP contribution is -2.29. The van der Waals surface area contributed by atoms with E-state index in [2.05, 4.69) is 0 Å². The molecule has 0 saturated carbocycles. The predicted molar refractivity (Wildman–Crippen MR) is 147 cm³/mol. The van der Waals surface area contributed by atoms with Crippen LogP contribution in [0.2, 0.25) is 0 Å². The molecular formula is C31H33NO6. The third-order valence-corrected chi connectivity index (χ3v) is 6.35. The average molecular weight is 516 g/mol. The Morgan fingerprint density at radius 2 is 1.61 bits per heavy atom. The van der Waals surface area contributed by atoms with E-state index in [-0.39, 0.29) is 11.3 Å². The van der Waals surface area contributed by atoms with E-state index in [4.69, 9.17) is 14.2 Å². The quantitative estimate of drug-likeness (QED) is 0.196. The summed E-state index contributed by atoms with van der Waals surface area (Å²) >= 11 is 0. The van der Waals surface area contributed by atoms with Crippen molar-refractivity contribution in [3.8, 4) is 17.2 Å². The molecule has 1 unspecified atom stereocenters. The van der Waals surface area contributed by atoms with Crippen LogP contribution >= 0.6 is 0 Å². The minimum Gasteiger partial charge on any atom is -0.507 e. The van der Waals surface area contributed by atoms with E-state index in [1.165, 1.54) is 12.0 Å². The maximum Gasteiger partial charge on any atom is 0.300 e. The van der Waals surface area contributed by atoms with E-state index >= 15 is 0 Å². The van der Waals surface area contributed by atoms with E-state index in [0.29, 0.717) is 47.3 Å². The summed E-state index contributed by atoms with van der Waals surface area (Å²) in [5.41, 5.74) is 2.42. The van der Waals surface area contributed by atoms with Gasteiger partial charge in [0.05, 0.1) is 31.9 Å². The molecule has 1 aliphatic rings. The maximum atomic E-state index is 13.5. The number of hydrogen-bond acceptors (Lipinski definition) is 6. The van der Waals surface area contributed by atoms with Crippen LogP contribution in [0.4, 0.5) is 5.69 Å². The Labute approximate surface area is 223 Å². The van der Waals surface area contributed by atoms with Gasteiger partial charge in [0.25, 0.3) is 11.7 Å². The van der Waals surface area contributed by atoms with Crippen molar-refractivity contribution in [1.29, 1.82) is 0 Å². The molecule has 1 heterocycles. The molecule has 1 fully saturated rings. The molecule has 7 nitrogen and oxygen atoms in total. The molecule has 3 aromatic rings. The molecule has 0 bridgehead atoms. The van der Waals surface area contributed by atoms with Gasteiger partial charge in [0.15, 0.2) is 0 Å². The second kappa shape index (κ2) is 11.9. The first kappa shape index (κ1) is 26.8. The van der Waals surface area contributed by atoms with Crippen molar-refractivity contribution < 1.29 is 28.9 Å². The summed E-state index contributed by atoms with van der Waals surface area (Å²) in [6, 6.07) is 18.6. The Bertz CT molecular complexity index is 1340. The smallest absolute Gasteiger partial charge is 0.300 e. The van der Waals surface area contributed by atoms with Crippen molar-refractivity contribution in [3.05, 3.63) is 89.0 Å². The van der Waals surface area contributed by atoms with Crippen LogP contribution < -0.4 is 19.1 Å². The predicted octanol–water partition coefficient (Wildman–Crippen LogP) is 6.21. The Morgan fingerprint density at radius 3 is 2.26 bits per heavy atom. The number of ether oxygens (including phenoxy) is 3. The summed E-state index contributed by atoms with van der Waals surface area (Å²) in [6.45, 7) is 7.09. The fraction of sp³-hybridized carbons (Fsp3) is 0.290. The number of anilines is 1. The number of aliphatic hydroxyl groups is 1. The molecule has 4 rings (SSSR count). The van der Waals surface area contributed by atoms with E-state index in [9.17, 15) is 14.7 Å². The number of aliphatic hydroxyl groups excluding tert-OH is 1. The highest BCUT2D eigenvalue weighted by molar-refractivity contribution is 6.51. The zero-order chi connectivity index (χ0) is 27.2. The number of amides is 1. The number of Topliss-reactive ketones (excluding diaryl/α,β-unsaturated/α-hetero) is 1. The van der Waals surface area contributed by atoms with Crippen LogP contribution in [0.25, 0.3) is 5.76 Å². The number of aryl methyl sites for hydroxylation is 1. The molecule has 1 N–H and O–H groups in total. The summed E-state index contributed by atoms with van der Waals surface area (Å²) in [6.07, 6.45) is 1.75. The van der Waals surface area contributed by atoms with E-state index in [0.717, 1.165) is 18.4 Å². The number of benzene rings is 3. The number of nitrogens with zero attached hydrogens (tertiary/aromatic N) is 1. The number of carbonyl (C=O) groups excluding carboxylic acids is 2. The highest BCUT2D eigenvalue weighted by Crippen LogP contribution is 2.43. The number of rotatable bonds is 10. The van der Waals surface area contributed by atoms with Crippen LogP contribution in [0.3, 0.4) is 0 Å². The largest absolute Gasteiger partial charge is 0.507 e. The van der Waals surface area contributed by atoms with E-state index in [1.807, 2.05) is 32.9 Å². The first-order valence-electron chi connectivity index (χ1n) is 12.8. The summed E-state index contributed by atoms with van der Waals surface area (Å²) < 4.78 is 16.8. The van der Waals surface area contributed by atoms with Crippen LogP contribution in [0.5, 0.6) is 17.2 Å². The Morgan fingerprint density at radius 1 is 0.895 bits per heavy atom. The van der Waals surface area contributed by atoms with Crippen LogP contribution in [0.1, 0.15) is 49.4 Å². The number of hydrogen-bond donors (Lipinski definition) is 1. The Kier molecular flexibility index (Phi) is 8.36. The highest BCUT2D eigenvalue weighted by atomic mass is 16.5. The summed E-state index contributed by atoms with van der Waals surface area (Å²) in [5.74, 6) is 0.216.